The molecule has 4 nitrogen and oxygen atoms in total. The van der Waals surface area contributed by atoms with Crippen molar-refractivity contribution < 1.29 is 8.83 Å². The van der Waals surface area contributed by atoms with Gasteiger partial charge in [-0.05, 0) is 60.7 Å². The molecule has 0 aliphatic heterocycles. The first-order valence-corrected chi connectivity index (χ1v) is 13.7. The summed E-state index contributed by atoms with van der Waals surface area (Å²) in [5.74, 6) is 2.51. The predicted octanol–water partition coefficient (Wildman–Crippen LogP) is 10.7. The lowest BCUT2D eigenvalue weighted by Gasteiger charge is -2.01. The van der Waals surface area contributed by atoms with Crippen LogP contribution in [0.15, 0.2) is 80.3 Å². The molecular formula is C26H12Cl4N2O2S2. The van der Waals surface area contributed by atoms with Crippen LogP contribution in [0.5, 0.6) is 0 Å². The average Bonchev–Trinajstić information content (AvgIpc) is 3.67. The fraction of sp³-hybridized carbons (Fsp3) is 0. The number of hydrogen-bond acceptors (Lipinski definition) is 6. The number of thiazole rings is 2. The zero-order valence-corrected chi connectivity index (χ0v) is 22.6. The van der Waals surface area contributed by atoms with E-state index in [1.54, 1.807) is 36.4 Å². The van der Waals surface area contributed by atoms with Gasteiger partial charge in [-0.3, -0.25) is 0 Å². The zero-order chi connectivity index (χ0) is 24.8. The maximum absolute atomic E-state index is 6.31. The van der Waals surface area contributed by atoms with Crippen LogP contribution in [0, 0.1) is 0 Å². The van der Waals surface area contributed by atoms with Crippen LogP contribution >= 0.6 is 69.1 Å². The van der Waals surface area contributed by atoms with E-state index >= 15 is 0 Å². The number of benzene rings is 2. The summed E-state index contributed by atoms with van der Waals surface area (Å²) in [5, 5.41) is 7.73. The second-order valence-corrected chi connectivity index (χ2v) is 11.1. The second kappa shape index (κ2) is 9.71. The summed E-state index contributed by atoms with van der Waals surface area (Å²) in [6.07, 6.45) is 0. The van der Waals surface area contributed by atoms with E-state index in [2.05, 4.69) is 0 Å². The molecule has 0 saturated heterocycles. The summed E-state index contributed by atoms with van der Waals surface area (Å²) in [6.45, 7) is 0. The molecule has 0 aliphatic rings. The Balaban J connectivity index is 1.25. The molecule has 10 heteroatoms. The van der Waals surface area contributed by atoms with Crippen LogP contribution in [0.2, 0.25) is 20.1 Å². The van der Waals surface area contributed by atoms with Gasteiger partial charge in [-0.25, -0.2) is 9.97 Å². The Morgan fingerprint density at radius 2 is 0.944 bits per heavy atom. The molecule has 0 amide bonds. The smallest absolute Gasteiger partial charge is 0.154 e. The molecule has 0 spiro atoms. The van der Waals surface area contributed by atoms with Crippen LogP contribution in [0.3, 0.4) is 0 Å². The molecule has 0 radical (unpaired) electrons. The van der Waals surface area contributed by atoms with Crippen LogP contribution in [0.4, 0.5) is 0 Å². The zero-order valence-electron chi connectivity index (χ0n) is 18.0. The first kappa shape index (κ1) is 23.8. The highest BCUT2D eigenvalue weighted by molar-refractivity contribution is 7.20. The van der Waals surface area contributed by atoms with Gasteiger partial charge in [-0.2, -0.15) is 0 Å². The number of furan rings is 2. The molecule has 0 aliphatic carbocycles. The Kier molecular flexibility index (Phi) is 6.42. The molecule has 0 atom stereocenters. The lowest BCUT2D eigenvalue weighted by atomic mass is 10.2. The van der Waals surface area contributed by atoms with E-state index in [4.69, 9.17) is 65.2 Å². The van der Waals surface area contributed by atoms with Crippen LogP contribution in [0.25, 0.3) is 55.6 Å². The summed E-state index contributed by atoms with van der Waals surface area (Å²) in [4.78, 5) is 9.46. The third kappa shape index (κ3) is 4.61. The highest BCUT2D eigenvalue weighted by Gasteiger charge is 2.17. The highest BCUT2D eigenvalue weighted by Crippen LogP contribution is 2.38. The van der Waals surface area contributed by atoms with Gasteiger partial charge in [-0.15, -0.1) is 22.7 Å². The predicted molar refractivity (Wildman–Crippen MR) is 150 cm³/mol. The number of rotatable bonds is 5. The number of halogens is 4. The third-order valence-corrected chi connectivity index (χ3v) is 8.25. The van der Waals surface area contributed by atoms with Gasteiger partial charge in [0, 0.05) is 31.9 Å². The van der Waals surface area contributed by atoms with Gasteiger partial charge in [-0.1, -0.05) is 46.4 Å². The van der Waals surface area contributed by atoms with E-state index in [9.17, 15) is 0 Å². The standard InChI is InChI=1S/C26H12Cl4N2O2S2/c27-13-1-3-17(29)15(9-13)21-5-7-23(33-21)19-11-35-25(31-19)26-32-20(12-36-26)24-8-6-22(34-24)16-10-14(28)2-4-18(16)30/h1-12H. The molecule has 0 fully saturated rings. The second-order valence-electron chi connectivity index (χ2n) is 7.65. The van der Waals surface area contributed by atoms with E-state index < -0.39 is 0 Å². The van der Waals surface area contributed by atoms with Gasteiger partial charge in [0.2, 0.25) is 0 Å². The number of aromatic nitrogens is 2. The molecule has 4 heterocycles. The van der Waals surface area contributed by atoms with E-state index in [1.807, 2.05) is 35.0 Å². The largest absolute Gasteiger partial charge is 0.454 e. The minimum Gasteiger partial charge on any atom is -0.454 e. The lowest BCUT2D eigenvalue weighted by Crippen LogP contribution is -1.79. The van der Waals surface area contributed by atoms with Gasteiger partial charge in [0.1, 0.15) is 22.9 Å². The van der Waals surface area contributed by atoms with Crippen molar-refractivity contribution in [3.05, 3.63) is 91.5 Å². The molecule has 4 aromatic heterocycles. The van der Waals surface area contributed by atoms with E-state index in [0.717, 1.165) is 21.1 Å². The summed E-state index contributed by atoms with van der Waals surface area (Å²) in [6, 6.07) is 18.0. The first-order valence-electron chi connectivity index (χ1n) is 10.5. The average molecular weight is 590 g/mol. The van der Waals surface area contributed by atoms with Crippen LogP contribution < -0.4 is 0 Å². The molecule has 6 aromatic rings. The Hall–Kier alpha value is -2.58. The molecule has 0 unspecified atom stereocenters. The Morgan fingerprint density at radius 1 is 0.528 bits per heavy atom. The molecule has 0 N–H and O–H groups in total. The maximum atomic E-state index is 6.31. The molecule has 178 valence electrons. The van der Waals surface area contributed by atoms with Crippen molar-refractivity contribution >= 4 is 69.1 Å². The van der Waals surface area contributed by atoms with Crippen molar-refractivity contribution in [3.63, 3.8) is 0 Å². The minimum atomic E-state index is 0.563. The van der Waals surface area contributed by atoms with Crippen LogP contribution in [0.1, 0.15) is 0 Å². The Labute approximate surface area is 233 Å². The number of nitrogens with zero attached hydrogens (tertiary/aromatic N) is 2. The third-order valence-electron chi connectivity index (χ3n) is 5.30. The van der Waals surface area contributed by atoms with Crippen molar-refractivity contribution in [2.24, 2.45) is 0 Å². The molecule has 2 aromatic carbocycles. The fourth-order valence-electron chi connectivity index (χ4n) is 3.58. The van der Waals surface area contributed by atoms with Gasteiger partial charge in [0.15, 0.2) is 21.5 Å². The highest BCUT2D eigenvalue weighted by atomic mass is 35.5. The topological polar surface area (TPSA) is 52.1 Å². The normalized spacial score (nSPS) is 11.3. The van der Waals surface area contributed by atoms with Gasteiger partial charge < -0.3 is 8.83 Å². The Bertz CT molecular complexity index is 1590. The van der Waals surface area contributed by atoms with E-state index in [0.29, 0.717) is 54.5 Å². The quantitative estimate of drug-likeness (QED) is 0.201. The lowest BCUT2D eigenvalue weighted by molar-refractivity contribution is 0.595. The van der Waals surface area contributed by atoms with Crippen molar-refractivity contribution in [1.82, 2.24) is 9.97 Å². The van der Waals surface area contributed by atoms with Crippen LogP contribution in [-0.2, 0) is 0 Å². The summed E-state index contributed by atoms with van der Waals surface area (Å²) in [5.41, 5.74) is 2.89. The molecule has 36 heavy (non-hydrogen) atoms. The van der Waals surface area contributed by atoms with Crippen molar-refractivity contribution in [3.8, 4) is 55.6 Å². The monoisotopic (exact) mass is 588 g/mol. The minimum absolute atomic E-state index is 0.563. The van der Waals surface area contributed by atoms with E-state index in [-0.39, 0.29) is 0 Å². The Morgan fingerprint density at radius 3 is 1.39 bits per heavy atom. The summed E-state index contributed by atoms with van der Waals surface area (Å²) < 4.78 is 12.1. The van der Waals surface area contributed by atoms with Crippen LogP contribution in [-0.4, -0.2) is 9.97 Å². The van der Waals surface area contributed by atoms with Crippen molar-refractivity contribution in [2.45, 2.75) is 0 Å². The summed E-state index contributed by atoms with van der Waals surface area (Å²) >= 11 is 27.8. The molecule has 0 saturated carbocycles. The molecule has 0 bridgehead atoms. The SMILES string of the molecule is Clc1ccc(Cl)c(-c2ccc(-c3csc(-c4nc(-c5ccc(-c6cc(Cl)ccc6Cl)o5)cs4)n3)o2)c1. The maximum Gasteiger partial charge on any atom is 0.154 e. The van der Waals surface area contributed by atoms with Crippen molar-refractivity contribution in [1.29, 1.82) is 0 Å². The van der Waals surface area contributed by atoms with Gasteiger partial charge in [0.25, 0.3) is 0 Å². The van der Waals surface area contributed by atoms with Gasteiger partial charge in [0.05, 0.1) is 10.0 Å². The fourth-order valence-corrected chi connectivity index (χ4v) is 6.02. The van der Waals surface area contributed by atoms with Crippen molar-refractivity contribution in [2.75, 3.05) is 0 Å². The van der Waals surface area contributed by atoms with E-state index in [1.165, 1.54) is 22.7 Å². The number of hydrogen-bond donors (Lipinski definition) is 0. The summed E-state index contributed by atoms with van der Waals surface area (Å²) in [7, 11) is 0. The molecule has 6 rings (SSSR count). The first-order chi connectivity index (χ1) is 17.4. The van der Waals surface area contributed by atoms with Gasteiger partial charge >= 0.3 is 0 Å². The molecular weight excluding hydrogens is 578 g/mol.